The van der Waals surface area contributed by atoms with Gasteiger partial charge in [-0.3, -0.25) is 29.4 Å². The number of likely N-dealkylation sites (N-methyl/N-ethyl adjacent to an activating group) is 1. The summed E-state index contributed by atoms with van der Waals surface area (Å²) in [7, 11) is 1.82. The van der Waals surface area contributed by atoms with Crippen molar-refractivity contribution < 1.29 is 33.1 Å². The number of fused-ring (bicyclic) bond motifs is 1. The van der Waals surface area contributed by atoms with Gasteiger partial charge in [0.2, 0.25) is 17.7 Å². The molecule has 3 atom stereocenters. The zero-order valence-corrected chi connectivity index (χ0v) is 20.8. The second kappa shape index (κ2) is 9.66. The lowest BCUT2D eigenvalue weighted by atomic mass is 9.86. The standard InChI is InChI=1S/C26H32F2N4O5/c1-31(17-5-3-2-4-16(17)29-14-10-12-26(27,28)13-11-14)18-7-6-15-21(22(18)34)25(37)32(24(15)36)19-8-9-20(33)30-23(19)35/h6-7,14,16-17,19,29,34H,2-5,8-13H2,1H3,(H,30,33,35)/t16-,17-,19?/m1/s1. The van der Waals surface area contributed by atoms with Gasteiger partial charge < -0.3 is 15.3 Å². The molecule has 5 rings (SSSR count). The molecule has 4 aliphatic rings. The van der Waals surface area contributed by atoms with Crippen LogP contribution >= 0.6 is 0 Å². The third-order valence-electron chi connectivity index (χ3n) is 8.33. The Kier molecular flexibility index (Phi) is 6.68. The molecule has 0 bridgehead atoms. The van der Waals surface area contributed by atoms with E-state index in [-0.39, 0.29) is 60.7 Å². The molecule has 1 unspecified atom stereocenters. The normalized spacial score (nSPS) is 28.3. The minimum Gasteiger partial charge on any atom is -0.505 e. The number of aromatic hydroxyl groups is 1. The van der Waals surface area contributed by atoms with E-state index in [1.807, 2.05) is 11.9 Å². The molecule has 2 saturated carbocycles. The van der Waals surface area contributed by atoms with Crippen molar-refractivity contribution in [2.24, 2.45) is 0 Å². The third-order valence-corrected chi connectivity index (χ3v) is 8.33. The van der Waals surface area contributed by atoms with Crippen molar-refractivity contribution in [3.05, 3.63) is 23.3 Å². The molecule has 11 heteroatoms. The van der Waals surface area contributed by atoms with Crippen LogP contribution in [0.2, 0.25) is 0 Å². The van der Waals surface area contributed by atoms with Crippen LogP contribution < -0.4 is 15.5 Å². The van der Waals surface area contributed by atoms with E-state index in [9.17, 15) is 33.1 Å². The number of carbonyl (C=O) groups is 4. The molecular formula is C26H32F2N4O5. The molecule has 4 amide bonds. The van der Waals surface area contributed by atoms with E-state index in [0.717, 1.165) is 30.6 Å². The van der Waals surface area contributed by atoms with Crippen LogP contribution in [0.3, 0.4) is 0 Å². The lowest BCUT2D eigenvalue weighted by Gasteiger charge is -2.42. The highest BCUT2D eigenvalue weighted by atomic mass is 19.3. The Hall–Kier alpha value is -3.08. The monoisotopic (exact) mass is 518 g/mol. The smallest absolute Gasteiger partial charge is 0.266 e. The Bertz CT molecular complexity index is 1130. The average molecular weight is 519 g/mol. The number of benzene rings is 1. The Labute approximate surface area is 213 Å². The molecule has 0 spiro atoms. The first-order valence-corrected chi connectivity index (χ1v) is 13.0. The summed E-state index contributed by atoms with van der Waals surface area (Å²) in [6.45, 7) is 0. The predicted molar refractivity (Wildman–Crippen MR) is 130 cm³/mol. The van der Waals surface area contributed by atoms with Crippen LogP contribution in [-0.4, -0.2) is 70.8 Å². The van der Waals surface area contributed by atoms with Gasteiger partial charge in [0.15, 0.2) is 5.75 Å². The first-order valence-electron chi connectivity index (χ1n) is 13.0. The van der Waals surface area contributed by atoms with E-state index in [1.165, 1.54) is 6.07 Å². The Morgan fingerprint density at radius 2 is 1.73 bits per heavy atom. The number of piperidine rings is 1. The Morgan fingerprint density at radius 3 is 2.43 bits per heavy atom. The lowest BCUT2D eigenvalue weighted by molar-refractivity contribution is -0.136. The van der Waals surface area contributed by atoms with Crippen LogP contribution in [0.5, 0.6) is 5.75 Å². The van der Waals surface area contributed by atoms with Gasteiger partial charge in [-0.05, 0) is 44.2 Å². The number of carbonyl (C=O) groups excluding carboxylic acids is 4. The first kappa shape index (κ1) is 25.6. The maximum absolute atomic E-state index is 13.6. The van der Waals surface area contributed by atoms with Crippen molar-refractivity contribution in [3.63, 3.8) is 0 Å². The number of halogens is 2. The third kappa shape index (κ3) is 4.69. The molecule has 1 aromatic rings. The van der Waals surface area contributed by atoms with Crippen LogP contribution in [0.4, 0.5) is 14.5 Å². The number of anilines is 1. The van der Waals surface area contributed by atoms with Gasteiger partial charge in [-0.2, -0.15) is 0 Å². The number of alkyl halides is 2. The van der Waals surface area contributed by atoms with Gasteiger partial charge >= 0.3 is 0 Å². The van der Waals surface area contributed by atoms with Gasteiger partial charge in [0.25, 0.3) is 11.8 Å². The molecule has 0 aromatic heterocycles. The molecule has 1 saturated heterocycles. The fourth-order valence-corrected chi connectivity index (χ4v) is 6.27. The van der Waals surface area contributed by atoms with Crippen LogP contribution in [0.25, 0.3) is 0 Å². The van der Waals surface area contributed by atoms with Crippen LogP contribution in [0.15, 0.2) is 12.1 Å². The first-order chi connectivity index (χ1) is 17.6. The van der Waals surface area contributed by atoms with E-state index in [4.69, 9.17) is 0 Å². The maximum Gasteiger partial charge on any atom is 0.266 e. The van der Waals surface area contributed by atoms with E-state index in [2.05, 4.69) is 10.6 Å². The molecule has 0 radical (unpaired) electrons. The van der Waals surface area contributed by atoms with Crippen LogP contribution in [0, 0.1) is 0 Å². The molecule has 2 aliphatic heterocycles. The maximum atomic E-state index is 13.6. The van der Waals surface area contributed by atoms with Gasteiger partial charge in [-0.25, -0.2) is 8.78 Å². The number of rotatable bonds is 5. The molecule has 3 N–H and O–H groups in total. The summed E-state index contributed by atoms with van der Waals surface area (Å²) in [5.74, 6) is -5.52. The zero-order chi connectivity index (χ0) is 26.5. The fourth-order valence-electron chi connectivity index (χ4n) is 6.27. The molecular weight excluding hydrogens is 486 g/mol. The fraction of sp³-hybridized carbons (Fsp3) is 0.615. The van der Waals surface area contributed by atoms with Crippen molar-refractivity contribution in [1.29, 1.82) is 0 Å². The van der Waals surface area contributed by atoms with E-state index >= 15 is 0 Å². The highest BCUT2D eigenvalue weighted by Gasteiger charge is 2.47. The number of nitrogens with one attached hydrogen (secondary N) is 2. The number of hydrogen-bond acceptors (Lipinski definition) is 7. The number of hydrogen-bond donors (Lipinski definition) is 3. The number of phenols is 1. The second-order valence-electron chi connectivity index (χ2n) is 10.7. The number of amides is 4. The molecule has 37 heavy (non-hydrogen) atoms. The molecule has 2 heterocycles. The molecule has 9 nitrogen and oxygen atoms in total. The highest BCUT2D eigenvalue weighted by Crippen LogP contribution is 2.41. The summed E-state index contributed by atoms with van der Waals surface area (Å²) >= 11 is 0. The second-order valence-corrected chi connectivity index (χ2v) is 10.7. The molecule has 3 fully saturated rings. The number of nitrogens with zero attached hydrogens (tertiary/aromatic N) is 2. The summed E-state index contributed by atoms with van der Waals surface area (Å²) in [5.41, 5.74) is 0.263. The van der Waals surface area contributed by atoms with Crippen molar-refractivity contribution >= 4 is 29.3 Å². The number of phenolic OH excluding ortho intramolecular Hbond substituents is 1. The average Bonchev–Trinajstić information content (AvgIpc) is 3.11. The van der Waals surface area contributed by atoms with Gasteiger partial charge in [0, 0.05) is 44.4 Å². The number of imide groups is 2. The Balaban J connectivity index is 1.36. The lowest BCUT2D eigenvalue weighted by Crippen LogP contribution is -2.54. The SMILES string of the molecule is CN(c1ccc2c(c1O)C(=O)N(C1CCC(=O)NC1=O)C2=O)[C@@H]1CCCC[C@H]1NC1CCC(F)(F)CC1. The van der Waals surface area contributed by atoms with Gasteiger partial charge in [-0.1, -0.05) is 12.8 Å². The van der Waals surface area contributed by atoms with Crippen LogP contribution in [0.1, 0.15) is 84.9 Å². The quantitative estimate of drug-likeness (QED) is 0.513. The van der Waals surface area contributed by atoms with Crippen LogP contribution in [-0.2, 0) is 9.59 Å². The predicted octanol–water partition coefficient (Wildman–Crippen LogP) is 2.71. The van der Waals surface area contributed by atoms with Crippen molar-refractivity contribution in [3.8, 4) is 5.75 Å². The van der Waals surface area contributed by atoms with Crippen molar-refractivity contribution in [2.75, 3.05) is 11.9 Å². The van der Waals surface area contributed by atoms with E-state index < -0.39 is 35.6 Å². The summed E-state index contributed by atoms with van der Waals surface area (Å²) < 4.78 is 27.2. The van der Waals surface area contributed by atoms with Crippen molar-refractivity contribution in [2.45, 2.75) is 94.3 Å². The largest absolute Gasteiger partial charge is 0.505 e. The summed E-state index contributed by atoms with van der Waals surface area (Å²) in [6.07, 6.45) is 4.30. The highest BCUT2D eigenvalue weighted by molar-refractivity contribution is 6.25. The minimum atomic E-state index is -2.59. The Morgan fingerprint density at radius 1 is 1.03 bits per heavy atom. The summed E-state index contributed by atoms with van der Waals surface area (Å²) in [4.78, 5) is 52.9. The summed E-state index contributed by atoms with van der Waals surface area (Å²) in [5, 5.41) is 16.9. The van der Waals surface area contributed by atoms with E-state index in [1.54, 1.807) is 6.07 Å². The zero-order valence-electron chi connectivity index (χ0n) is 20.8. The topological polar surface area (TPSA) is 119 Å². The van der Waals surface area contributed by atoms with Gasteiger partial charge in [0.1, 0.15) is 6.04 Å². The molecule has 2 aliphatic carbocycles. The summed E-state index contributed by atoms with van der Waals surface area (Å²) in [6, 6.07) is 1.97. The van der Waals surface area contributed by atoms with E-state index in [0.29, 0.717) is 18.5 Å². The molecule has 1 aromatic carbocycles. The molecule has 200 valence electrons. The minimum absolute atomic E-state index is 0.00789. The van der Waals surface area contributed by atoms with Crippen molar-refractivity contribution in [1.82, 2.24) is 15.5 Å². The van der Waals surface area contributed by atoms with Gasteiger partial charge in [0.05, 0.1) is 16.8 Å². The van der Waals surface area contributed by atoms with Gasteiger partial charge in [-0.15, -0.1) is 0 Å².